The molecule has 0 aliphatic carbocycles. The molecule has 1 fully saturated rings. The van der Waals surface area contributed by atoms with Crippen LogP contribution in [-0.2, 0) is 22.6 Å². The van der Waals surface area contributed by atoms with E-state index in [0.717, 1.165) is 49.7 Å². The summed E-state index contributed by atoms with van der Waals surface area (Å²) < 4.78 is 11.2. The zero-order valence-corrected chi connectivity index (χ0v) is 22.2. The van der Waals surface area contributed by atoms with Crippen molar-refractivity contribution in [2.45, 2.75) is 59.4 Å². The van der Waals surface area contributed by atoms with Crippen LogP contribution in [-0.4, -0.2) is 61.3 Å². The number of piperazine rings is 1. The molecule has 196 valence electrons. The van der Waals surface area contributed by atoms with E-state index in [4.69, 9.17) is 9.47 Å². The molecule has 8 heteroatoms. The van der Waals surface area contributed by atoms with Crippen molar-refractivity contribution in [3.05, 3.63) is 59.7 Å². The second kappa shape index (κ2) is 12.6. The van der Waals surface area contributed by atoms with Gasteiger partial charge in [-0.3, -0.25) is 9.69 Å². The first-order chi connectivity index (χ1) is 17.1. The van der Waals surface area contributed by atoms with E-state index in [2.05, 4.69) is 58.5 Å². The van der Waals surface area contributed by atoms with E-state index in [1.165, 1.54) is 5.56 Å². The molecule has 0 spiro atoms. The van der Waals surface area contributed by atoms with Crippen molar-refractivity contribution in [3.8, 4) is 5.75 Å². The number of carbonyl (C=O) groups excluding carboxylic acids is 2. The molecule has 0 bridgehead atoms. The summed E-state index contributed by atoms with van der Waals surface area (Å²) in [5.74, 6) is 0.682. The SMILES string of the molecule is CC(C)Oc1ccccc1N1CCN(Cc2cccc(CNC(=O)CNC(=O)OC(C)(C)C)c2)CC1. The quantitative estimate of drug-likeness (QED) is 0.547. The molecule has 1 heterocycles. The van der Waals surface area contributed by atoms with Crippen LogP contribution in [0, 0.1) is 0 Å². The van der Waals surface area contributed by atoms with E-state index < -0.39 is 11.7 Å². The average Bonchev–Trinajstić information content (AvgIpc) is 2.81. The van der Waals surface area contributed by atoms with Crippen molar-refractivity contribution in [2.24, 2.45) is 0 Å². The molecule has 0 saturated carbocycles. The van der Waals surface area contributed by atoms with Crippen molar-refractivity contribution in [3.63, 3.8) is 0 Å². The van der Waals surface area contributed by atoms with Crippen molar-refractivity contribution in [2.75, 3.05) is 37.6 Å². The van der Waals surface area contributed by atoms with Gasteiger partial charge in [0.05, 0.1) is 11.8 Å². The van der Waals surface area contributed by atoms with Crippen LogP contribution < -0.4 is 20.3 Å². The summed E-state index contributed by atoms with van der Waals surface area (Å²) in [5, 5.41) is 5.33. The van der Waals surface area contributed by atoms with Gasteiger partial charge in [-0.2, -0.15) is 0 Å². The number of anilines is 1. The van der Waals surface area contributed by atoms with Crippen LogP contribution in [0.4, 0.5) is 10.5 Å². The highest BCUT2D eigenvalue weighted by molar-refractivity contribution is 5.82. The number of nitrogens with zero attached hydrogens (tertiary/aromatic N) is 2. The molecule has 2 N–H and O–H groups in total. The summed E-state index contributed by atoms with van der Waals surface area (Å²) in [5.41, 5.74) is 2.80. The van der Waals surface area contributed by atoms with Crippen LogP contribution in [0.5, 0.6) is 5.75 Å². The Balaban J connectivity index is 1.45. The number of hydrogen-bond acceptors (Lipinski definition) is 6. The third kappa shape index (κ3) is 9.07. The predicted octanol–water partition coefficient (Wildman–Crippen LogP) is 3.94. The van der Waals surface area contributed by atoms with E-state index in [1.807, 2.05) is 24.3 Å². The average molecular weight is 497 g/mol. The lowest BCUT2D eigenvalue weighted by Gasteiger charge is -2.37. The Bertz CT molecular complexity index is 1010. The molecular formula is C28H40N4O4. The van der Waals surface area contributed by atoms with E-state index in [9.17, 15) is 9.59 Å². The Morgan fingerprint density at radius 2 is 1.64 bits per heavy atom. The number of alkyl carbamates (subject to hydrolysis) is 1. The number of nitrogens with one attached hydrogen (secondary N) is 2. The van der Waals surface area contributed by atoms with Gasteiger partial charge in [-0.25, -0.2) is 4.79 Å². The smallest absolute Gasteiger partial charge is 0.408 e. The molecule has 1 aliphatic rings. The molecule has 1 aliphatic heterocycles. The largest absolute Gasteiger partial charge is 0.489 e. The van der Waals surface area contributed by atoms with Crippen LogP contribution in [0.3, 0.4) is 0 Å². The topological polar surface area (TPSA) is 83.1 Å². The third-order valence-corrected chi connectivity index (χ3v) is 5.62. The zero-order valence-electron chi connectivity index (χ0n) is 22.2. The maximum Gasteiger partial charge on any atom is 0.408 e. The van der Waals surface area contributed by atoms with Gasteiger partial charge in [-0.1, -0.05) is 36.4 Å². The molecule has 2 amide bonds. The molecular weight excluding hydrogens is 456 g/mol. The molecule has 0 unspecified atom stereocenters. The number of para-hydroxylation sites is 2. The normalized spacial score (nSPS) is 14.4. The fourth-order valence-corrected chi connectivity index (χ4v) is 4.04. The standard InChI is InChI=1S/C28H40N4O4/c1-21(2)35-25-12-7-6-11-24(25)32-15-13-31(14-16-32)20-23-10-8-9-22(17-23)18-29-26(33)19-30-27(34)36-28(3,4)5/h6-12,17,21H,13-16,18-20H2,1-5H3,(H,29,33)(H,30,34). The number of carbonyl (C=O) groups is 2. The Morgan fingerprint density at radius 3 is 2.33 bits per heavy atom. The summed E-state index contributed by atoms with van der Waals surface area (Å²) in [6.45, 7) is 14.4. The Hall–Kier alpha value is -3.26. The van der Waals surface area contributed by atoms with Gasteiger partial charge in [-0.05, 0) is 57.9 Å². The van der Waals surface area contributed by atoms with Gasteiger partial charge in [-0.15, -0.1) is 0 Å². The van der Waals surface area contributed by atoms with Gasteiger partial charge in [0, 0.05) is 39.3 Å². The lowest BCUT2D eigenvalue weighted by Crippen LogP contribution is -2.46. The zero-order chi connectivity index (χ0) is 26.1. The number of ether oxygens (including phenoxy) is 2. The maximum absolute atomic E-state index is 12.1. The van der Waals surface area contributed by atoms with Crippen LogP contribution in [0.15, 0.2) is 48.5 Å². The van der Waals surface area contributed by atoms with Gasteiger partial charge in [0.15, 0.2) is 0 Å². The van der Waals surface area contributed by atoms with Crippen LogP contribution in [0.1, 0.15) is 45.7 Å². The Kier molecular flexibility index (Phi) is 9.58. The van der Waals surface area contributed by atoms with E-state index >= 15 is 0 Å². The van der Waals surface area contributed by atoms with Crippen LogP contribution in [0.25, 0.3) is 0 Å². The number of hydrogen-bond donors (Lipinski definition) is 2. The lowest BCUT2D eigenvalue weighted by molar-refractivity contribution is -0.120. The van der Waals surface area contributed by atoms with Gasteiger partial charge >= 0.3 is 6.09 Å². The first kappa shape index (κ1) is 27.3. The number of rotatable bonds is 9. The number of amides is 2. The Morgan fingerprint density at radius 1 is 0.944 bits per heavy atom. The van der Waals surface area contributed by atoms with Crippen LogP contribution >= 0.6 is 0 Å². The summed E-state index contributed by atoms with van der Waals surface area (Å²) >= 11 is 0. The predicted molar refractivity (Wildman–Crippen MR) is 142 cm³/mol. The third-order valence-electron chi connectivity index (χ3n) is 5.62. The minimum Gasteiger partial charge on any atom is -0.489 e. The van der Waals surface area contributed by atoms with E-state index in [0.29, 0.717) is 6.54 Å². The monoisotopic (exact) mass is 496 g/mol. The minimum atomic E-state index is -0.601. The molecule has 8 nitrogen and oxygen atoms in total. The van der Waals surface area contributed by atoms with Crippen molar-refractivity contribution >= 4 is 17.7 Å². The molecule has 3 rings (SSSR count). The highest BCUT2D eigenvalue weighted by atomic mass is 16.6. The maximum atomic E-state index is 12.1. The number of benzene rings is 2. The highest BCUT2D eigenvalue weighted by Crippen LogP contribution is 2.29. The molecule has 36 heavy (non-hydrogen) atoms. The molecule has 0 atom stereocenters. The van der Waals surface area contributed by atoms with Crippen molar-refractivity contribution in [1.82, 2.24) is 15.5 Å². The Labute approximate surface area is 214 Å². The van der Waals surface area contributed by atoms with Gasteiger partial charge in [0.2, 0.25) is 5.91 Å². The molecule has 1 saturated heterocycles. The van der Waals surface area contributed by atoms with Gasteiger partial charge < -0.3 is 25.0 Å². The summed E-state index contributed by atoms with van der Waals surface area (Å²) in [6, 6.07) is 16.5. The summed E-state index contributed by atoms with van der Waals surface area (Å²) in [6.07, 6.45) is -0.457. The fourth-order valence-electron chi connectivity index (χ4n) is 4.04. The first-order valence-corrected chi connectivity index (χ1v) is 12.6. The minimum absolute atomic E-state index is 0.121. The van der Waals surface area contributed by atoms with Gasteiger partial charge in [0.1, 0.15) is 17.9 Å². The molecule has 2 aromatic rings. The molecule has 0 aromatic heterocycles. The van der Waals surface area contributed by atoms with E-state index in [1.54, 1.807) is 20.8 Å². The van der Waals surface area contributed by atoms with Crippen molar-refractivity contribution < 1.29 is 19.1 Å². The highest BCUT2D eigenvalue weighted by Gasteiger charge is 2.20. The summed E-state index contributed by atoms with van der Waals surface area (Å²) in [7, 11) is 0. The first-order valence-electron chi connectivity index (χ1n) is 12.6. The second-order valence-corrected chi connectivity index (χ2v) is 10.3. The lowest BCUT2D eigenvalue weighted by atomic mass is 10.1. The van der Waals surface area contributed by atoms with E-state index in [-0.39, 0.29) is 18.6 Å². The second-order valence-electron chi connectivity index (χ2n) is 10.3. The molecule has 2 aromatic carbocycles. The fraction of sp³-hybridized carbons (Fsp3) is 0.500. The van der Waals surface area contributed by atoms with Gasteiger partial charge in [0.25, 0.3) is 0 Å². The summed E-state index contributed by atoms with van der Waals surface area (Å²) in [4.78, 5) is 28.7. The van der Waals surface area contributed by atoms with Crippen LogP contribution in [0.2, 0.25) is 0 Å². The molecule has 0 radical (unpaired) electrons. The van der Waals surface area contributed by atoms with Crippen molar-refractivity contribution in [1.29, 1.82) is 0 Å².